The second-order valence-electron chi connectivity index (χ2n) is 4.79. The highest BCUT2D eigenvalue weighted by atomic mass is 16.3. The van der Waals surface area contributed by atoms with Gasteiger partial charge in [0.1, 0.15) is 5.75 Å². The lowest BCUT2D eigenvalue weighted by atomic mass is 9.94. The van der Waals surface area contributed by atoms with E-state index in [1.165, 1.54) is 0 Å². The van der Waals surface area contributed by atoms with Crippen LogP contribution in [-0.4, -0.2) is 29.1 Å². The van der Waals surface area contributed by atoms with E-state index in [4.69, 9.17) is 5.73 Å². The predicted octanol–water partition coefficient (Wildman–Crippen LogP) is 1.56. The summed E-state index contributed by atoms with van der Waals surface area (Å²) in [6.07, 6.45) is 1.15. The summed E-state index contributed by atoms with van der Waals surface area (Å²) in [7, 11) is 0. The first-order valence-electron chi connectivity index (χ1n) is 5.91. The normalized spacial score (nSPS) is 26.9. The van der Waals surface area contributed by atoms with Crippen LogP contribution < -0.4 is 5.73 Å². The van der Waals surface area contributed by atoms with Gasteiger partial charge in [0, 0.05) is 24.7 Å². The summed E-state index contributed by atoms with van der Waals surface area (Å²) in [6.45, 7) is 5.01. The zero-order valence-corrected chi connectivity index (χ0v) is 9.76. The lowest BCUT2D eigenvalue weighted by molar-refractivity contribution is 0.161. The first-order valence-corrected chi connectivity index (χ1v) is 5.91. The van der Waals surface area contributed by atoms with E-state index in [1.54, 1.807) is 6.07 Å². The lowest BCUT2D eigenvalue weighted by Gasteiger charge is -2.35. The zero-order chi connectivity index (χ0) is 11.5. The number of benzene rings is 1. The molecule has 1 fully saturated rings. The highest BCUT2D eigenvalue weighted by Gasteiger charge is 2.23. The van der Waals surface area contributed by atoms with Gasteiger partial charge in [-0.25, -0.2) is 0 Å². The molecule has 3 N–H and O–H groups in total. The molecule has 3 nitrogen and oxygen atoms in total. The van der Waals surface area contributed by atoms with Crippen LogP contribution in [0.1, 0.15) is 18.9 Å². The first kappa shape index (κ1) is 11.4. The summed E-state index contributed by atoms with van der Waals surface area (Å²) in [4.78, 5) is 2.32. The minimum atomic E-state index is 0.264. The number of nitrogens with zero attached hydrogens (tertiary/aromatic N) is 1. The van der Waals surface area contributed by atoms with Crippen molar-refractivity contribution in [2.45, 2.75) is 25.9 Å². The van der Waals surface area contributed by atoms with Crippen LogP contribution in [0.15, 0.2) is 24.3 Å². The number of aromatic hydroxyl groups is 1. The third-order valence-electron chi connectivity index (χ3n) is 3.49. The number of hydrogen-bond donors (Lipinski definition) is 2. The van der Waals surface area contributed by atoms with Crippen LogP contribution in [0.2, 0.25) is 0 Å². The van der Waals surface area contributed by atoms with Gasteiger partial charge in [0.2, 0.25) is 0 Å². The van der Waals surface area contributed by atoms with Crippen molar-refractivity contribution in [3.8, 4) is 5.75 Å². The van der Waals surface area contributed by atoms with E-state index in [9.17, 15) is 5.11 Å². The summed E-state index contributed by atoms with van der Waals surface area (Å²) in [5, 5.41) is 9.70. The number of para-hydroxylation sites is 1. The van der Waals surface area contributed by atoms with Gasteiger partial charge in [-0.2, -0.15) is 0 Å². The standard InChI is InChI=1S/C13H20N2O/c1-10-6-7-15(9-12(10)14)8-11-4-2-3-5-13(11)16/h2-5,10,12,16H,6-9,14H2,1H3. The summed E-state index contributed by atoms with van der Waals surface area (Å²) >= 11 is 0. The summed E-state index contributed by atoms with van der Waals surface area (Å²) in [6, 6.07) is 7.78. The van der Waals surface area contributed by atoms with Crippen molar-refractivity contribution in [3.05, 3.63) is 29.8 Å². The van der Waals surface area contributed by atoms with E-state index in [-0.39, 0.29) is 6.04 Å². The highest BCUT2D eigenvalue weighted by molar-refractivity contribution is 5.31. The van der Waals surface area contributed by atoms with Gasteiger partial charge >= 0.3 is 0 Å². The molecule has 0 radical (unpaired) electrons. The Morgan fingerprint density at radius 2 is 2.19 bits per heavy atom. The second-order valence-corrected chi connectivity index (χ2v) is 4.79. The molecular weight excluding hydrogens is 200 g/mol. The van der Waals surface area contributed by atoms with Crippen LogP contribution in [0.3, 0.4) is 0 Å². The number of phenolic OH excluding ortho intramolecular Hbond substituents is 1. The van der Waals surface area contributed by atoms with Crippen molar-refractivity contribution in [2.75, 3.05) is 13.1 Å². The third kappa shape index (κ3) is 2.54. The van der Waals surface area contributed by atoms with Crippen molar-refractivity contribution in [1.82, 2.24) is 4.90 Å². The number of rotatable bonds is 2. The summed E-state index contributed by atoms with van der Waals surface area (Å²) < 4.78 is 0. The molecule has 3 heteroatoms. The third-order valence-corrected chi connectivity index (χ3v) is 3.49. The van der Waals surface area contributed by atoms with E-state index in [0.29, 0.717) is 11.7 Å². The van der Waals surface area contributed by atoms with Crippen molar-refractivity contribution >= 4 is 0 Å². The molecule has 16 heavy (non-hydrogen) atoms. The minimum Gasteiger partial charge on any atom is -0.508 e. The number of hydrogen-bond acceptors (Lipinski definition) is 3. The van der Waals surface area contributed by atoms with E-state index in [0.717, 1.165) is 31.6 Å². The van der Waals surface area contributed by atoms with Gasteiger partial charge in [-0.15, -0.1) is 0 Å². The smallest absolute Gasteiger partial charge is 0.120 e. The molecule has 2 atom stereocenters. The van der Waals surface area contributed by atoms with Crippen LogP contribution in [0, 0.1) is 5.92 Å². The second kappa shape index (κ2) is 4.85. The van der Waals surface area contributed by atoms with E-state index in [1.807, 2.05) is 18.2 Å². The maximum absolute atomic E-state index is 9.70. The Balaban J connectivity index is 1.98. The molecule has 0 saturated carbocycles. The van der Waals surface area contributed by atoms with E-state index < -0.39 is 0 Å². The quantitative estimate of drug-likeness (QED) is 0.795. The molecule has 0 spiro atoms. The average Bonchev–Trinajstić information content (AvgIpc) is 2.27. The monoisotopic (exact) mass is 220 g/mol. The van der Waals surface area contributed by atoms with Gasteiger partial charge in [0.15, 0.2) is 0 Å². The topological polar surface area (TPSA) is 49.5 Å². The fraction of sp³-hybridized carbons (Fsp3) is 0.538. The highest BCUT2D eigenvalue weighted by Crippen LogP contribution is 2.21. The Labute approximate surface area is 96.9 Å². The SMILES string of the molecule is CC1CCN(Cc2ccccc2O)CC1N. The minimum absolute atomic E-state index is 0.264. The van der Waals surface area contributed by atoms with Crippen molar-refractivity contribution in [2.24, 2.45) is 11.7 Å². The molecule has 0 aromatic heterocycles. The van der Waals surface area contributed by atoms with Crippen molar-refractivity contribution in [1.29, 1.82) is 0 Å². The molecule has 0 aliphatic carbocycles. The first-order chi connectivity index (χ1) is 7.66. The van der Waals surface area contributed by atoms with Crippen molar-refractivity contribution in [3.63, 3.8) is 0 Å². The molecule has 1 aromatic carbocycles. The molecule has 2 rings (SSSR count). The molecular formula is C13H20N2O. The fourth-order valence-electron chi connectivity index (χ4n) is 2.20. The molecule has 1 aromatic rings. The largest absolute Gasteiger partial charge is 0.508 e. The molecule has 88 valence electrons. The number of piperidine rings is 1. The van der Waals surface area contributed by atoms with Gasteiger partial charge in [0.05, 0.1) is 0 Å². The van der Waals surface area contributed by atoms with Crippen LogP contribution in [0.4, 0.5) is 0 Å². The molecule has 1 saturated heterocycles. The van der Waals surface area contributed by atoms with Gasteiger partial charge in [-0.3, -0.25) is 4.90 Å². The van der Waals surface area contributed by atoms with E-state index >= 15 is 0 Å². The number of phenols is 1. The molecule has 1 heterocycles. The van der Waals surface area contributed by atoms with Crippen LogP contribution >= 0.6 is 0 Å². The maximum Gasteiger partial charge on any atom is 0.120 e. The van der Waals surface area contributed by atoms with Gasteiger partial charge in [-0.1, -0.05) is 25.1 Å². The Morgan fingerprint density at radius 1 is 1.44 bits per heavy atom. The lowest BCUT2D eigenvalue weighted by Crippen LogP contribution is -2.47. The van der Waals surface area contributed by atoms with Gasteiger partial charge in [-0.05, 0) is 24.9 Å². The van der Waals surface area contributed by atoms with Crippen LogP contribution in [0.5, 0.6) is 5.75 Å². The van der Waals surface area contributed by atoms with Crippen LogP contribution in [-0.2, 0) is 6.54 Å². The van der Waals surface area contributed by atoms with Crippen molar-refractivity contribution < 1.29 is 5.11 Å². The Morgan fingerprint density at radius 3 is 2.88 bits per heavy atom. The molecule has 1 aliphatic rings. The molecule has 1 aliphatic heterocycles. The summed E-state index contributed by atoms with van der Waals surface area (Å²) in [5.41, 5.74) is 7.05. The number of likely N-dealkylation sites (tertiary alicyclic amines) is 1. The van der Waals surface area contributed by atoms with Crippen LogP contribution in [0.25, 0.3) is 0 Å². The molecule has 0 amide bonds. The number of nitrogens with two attached hydrogens (primary N) is 1. The molecule has 0 bridgehead atoms. The van der Waals surface area contributed by atoms with E-state index in [2.05, 4.69) is 11.8 Å². The Bertz CT molecular complexity index is 354. The Hall–Kier alpha value is -1.06. The maximum atomic E-state index is 9.70. The Kier molecular flexibility index (Phi) is 3.46. The van der Waals surface area contributed by atoms with Gasteiger partial charge in [0.25, 0.3) is 0 Å². The summed E-state index contributed by atoms with van der Waals surface area (Å²) in [5.74, 6) is 0.996. The molecule has 2 unspecified atom stereocenters. The van der Waals surface area contributed by atoms with Gasteiger partial charge < -0.3 is 10.8 Å². The predicted molar refractivity (Wildman–Crippen MR) is 65.1 cm³/mol. The zero-order valence-electron chi connectivity index (χ0n) is 9.76. The fourth-order valence-corrected chi connectivity index (χ4v) is 2.20. The average molecular weight is 220 g/mol.